The maximum Gasteiger partial charge on any atom is 0.277 e. The molecule has 0 spiro atoms. The highest BCUT2D eigenvalue weighted by atomic mass is 35.5. The molecule has 0 atom stereocenters. The maximum absolute atomic E-state index is 11.6. The van der Waals surface area contributed by atoms with Crippen LogP contribution in [0.3, 0.4) is 0 Å². The SMILES string of the molecule is NNC(=O)c1sc2nc(-c3ccc(Cl)cc3)ccc2c1N. The maximum atomic E-state index is 11.6. The largest absolute Gasteiger partial charge is 0.397 e. The fourth-order valence-electron chi connectivity index (χ4n) is 2.01. The number of rotatable bonds is 2. The number of anilines is 1. The van der Waals surface area contributed by atoms with Crippen molar-refractivity contribution in [2.75, 3.05) is 5.73 Å². The number of carbonyl (C=O) groups is 1. The molecular weight excluding hydrogens is 308 g/mol. The van der Waals surface area contributed by atoms with Crippen molar-refractivity contribution in [1.82, 2.24) is 10.4 Å². The number of hydrazine groups is 1. The zero-order valence-electron chi connectivity index (χ0n) is 10.8. The van der Waals surface area contributed by atoms with Crippen molar-refractivity contribution in [2.45, 2.75) is 0 Å². The average Bonchev–Trinajstić information content (AvgIpc) is 2.84. The molecule has 0 unspecified atom stereocenters. The Balaban J connectivity index is 2.12. The topological polar surface area (TPSA) is 94.0 Å². The molecule has 1 aromatic carbocycles. The van der Waals surface area contributed by atoms with E-state index >= 15 is 0 Å². The molecule has 1 amide bonds. The molecule has 5 N–H and O–H groups in total. The van der Waals surface area contributed by atoms with E-state index in [1.165, 1.54) is 11.3 Å². The van der Waals surface area contributed by atoms with E-state index in [-0.39, 0.29) is 0 Å². The molecule has 0 aliphatic rings. The summed E-state index contributed by atoms with van der Waals surface area (Å²) < 4.78 is 0. The third-order valence-electron chi connectivity index (χ3n) is 3.07. The molecule has 2 heterocycles. The summed E-state index contributed by atoms with van der Waals surface area (Å²) in [5.41, 5.74) is 10.2. The van der Waals surface area contributed by atoms with Crippen LogP contribution in [0.4, 0.5) is 5.69 Å². The number of hydrogen-bond donors (Lipinski definition) is 3. The second-order valence-corrected chi connectivity index (χ2v) is 5.81. The van der Waals surface area contributed by atoms with Gasteiger partial charge in [-0.25, -0.2) is 10.8 Å². The van der Waals surface area contributed by atoms with Crippen molar-refractivity contribution < 1.29 is 4.79 Å². The molecule has 0 aliphatic carbocycles. The first-order valence-electron chi connectivity index (χ1n) is 6.06. The van der Waals surface area contributed by atoms with E-state index in [0.29, 0.717) is 20.4 Å². The van der Waals surface area contributed by atoms with Gasteiger partial charge < -0.3 is 5.73 Å². The number of amides is 1. The molecule has 0 saturated heterocycles. The fourth-order valence-corrected chi connectivity index (χ4v) is 3.14. The predicted octanol–water partition coefficient (Wildman–Crippen LogP) is 2.80. The standard InChI is InChI=1S/C14H11ClN4OS/c15-8-3-1-7(2-4-8)10-6-5-9-11(16)12(13(20)19-17)21-14(9)18-10/h1-6H,16-17H2,(H,19,20). The zero-order chi connectivity index (χ0) is 15.0. The van der Waals surface area contributed by atoms with Gasteiger partial charge in [-0.05, 0) is 24.3 Å². The highest BCUT2D eigenvalue weighted by Crippen LogP contribution is 2.34. The second-order valence-electron chi connectivity index (χ2n) is 4.37. The van der Waals surface area contributed by atoms with Gasteiger partial charge in [0, 0.05) is 16.0 Å². The highest BCUT2D eigenvalue weighted by molar-refractivity contribution is 7.21. The number of nitrogens with two attached hydrogens (primary N) is 2. The first-order chi connectivity index (χ1) is 10.1. The lowest BCUT2D eigenvalue weighted by Gasteiger charge is -2.01. The van der Waals surface area contributed by atoms with Crippen LogP contribution in [0.2, 0.25) is 5.02 Å². The van der Waals surface area contributed by atoms with Crippen molar-refractivity contribution in [3.05, 3.63) is 46.3 Å². The van der Waals surface area contributed by atoms with Gasteiger partial charge in [0.15, 0.2) is 0 Å². The van der Waals surface area contributed by atoms with Crippen LogP contribution in [0.5, 0.6) is 0 Å². The molecule has 5 nitrogen and oxygen atoms in total. The summed E-state index contributed by atoms with van der Waals surface area (Å²) in [5.74, 6) is 4.74. The molecule has 21 heavy (non-hydrogen) atoms. The molecule has 106 valence electrons. The summed E-state index contributed by atoms with van der Waals surface area (Å²) in [6.45, 7) is 0. The van der Waals surface area contributed by atoms with E-state index < -0.39 is 5.91 Å². The lowest BCUT2D eigenvalue weighted by atomic mass is 10.1. The Morgan fingerprint density at radius 1 is 1.19 bits per heavy atom. The number of halogens is 1. The summed E-state index contributed by atoms with van der Waals surface area (Å²) >= 11 is 7.09. The summed E-state index contributed by atoms with van der Waals surface area (Å²) in [5, 5.41) is 1.42. The van der Waals surface area contributed by atoms with Crippen LogP contribution < -0.4 is 17.0 Å². The fraction of sp³-hybridized carbons (Fsp3) is 0. The number of aromatic nitrogens is 1. The van der Waals surface area contributed by atoms with Crippen LogP contribution in [0.15, 0.2) is 36.4 Å². The first kappa shape index (κ1) is 13.8. The zero-order valence-corrected chi connectivity index (χ0v) is 12.3. The molecule has 3 aromatic rings. The molecule has 0 radical (unpaired) electrons. The van der Waals surface area contributed by atoms with Gasteiger partial charge >= 0.3 is 0 Å². The molecule has 0 saturated carbocycles. The lowest BCUT2D eigenvalue weighted by molar-refractivity contribution is 0.0958. The van der Waals surface area contributed by atoms with Gasteiger partial charge in [-0.1, -0.05) is 23.7 Å². The third-order valence-corrected chi connectivity index (χ3v) is 4.44. The number of carbonyl (C=O) groups excluding carboxylic acids is 1. The number of nitrogens with zero attached hydrogens (tertiary/aromatic N) is 1. The number of benzene rings is 1. The van der Waals surface area contributed by atoms with E-state index in [0.717, 1.165) is 16.6 Å². The van der Waals surface area contributed by atoms with Crippen LogP contribution in [0, 0.1) is 0 Å². The predicted molar refractivity (Wildman–Crippen MR) is 86.1 cm³/mol. The Kier molecular flexibility index (Phi) is 3.50. The normalized spacial score (nSPS) is 10.8. The molecule has 0 fully saturated rings. The van der Waals surface area contributed by atoms with Crippen LogP contribution in [-0.2, 0) is 0 Å². The van der Waals surface area contributed by atoms with Crippen molar-refractivity contribution in [3.8, 4) is 11.3 Å². The summed E-state index contributed by atoms with van der Waals surface area (Å²) in [6.07, 6.45) is 0. The number of pyridine rings is 1. The highest BCUT2D eigenvalue weighted by Gasteiger charge is 2.16. The molecule has 7 heteroatoms. The molecule has 2 aromatic heterocycles. The van der Waals surface area contributed by atoms with Crippen LogP contribution >= 0.6 is 22.9 Å². The van der Waals surface area contributed by atoms with Crippen molar-refractivity contribution in [2.24, 2.45) is 5.84 Å². The van der Waals surface area contributed by atoms with E-state index in [2.05, 4.69) is 10.4 Å². The van der Waals surface area contributed by atoms with E-state index in [4.69, 9.17) is 23.2 Å². The Labute approximate surface area is 129 Å². The molecular formula is C14H11ClN4OS. The quantitative estimate of drug-likeness (QED) is 0.385. The Morgan fingerprint density at radius 2 is 1.90 bits per heavy atom. The van der Waals surface area contributed by atoms with Crippen molar-refractivity contribution >= 4 is 44.7 Å². The molecule has 0 aliphatic heterocycles. The molecule has 0 bridgehead atoms. The number of nitrogen functional groups attached to an aromatic ring is 2. The van der Waals surface area contributed by atoms with Gasteiger partial charge in [0.2, 0.25) is 0 Å². The van der Waals surface area contributed by atoms with Gasteiger partial charge in [-0.15, -0.1) is 11.3 Å². The van der Waals surface area contributed by atoms with Crippen molar-refractivity contribution in [1.29, 1.82) is 0 Å². The summed E-state index contributed by atoms with van der Waals surface area (Å²) in [7, 11) is 0. The minimum atomic E-state index is -0.413. The number of nitrogens with one attached hydrogen (secondary N) is 1. The summed E-state index contributed by atoms with van der Waals surface area (Å²) in [4.78, 5) is 17.3. The number of thiophene rings is 1. The van der Waals surface area contributed by atoms with Crippen LogP contribution in [0.25, 0.3) is 21.5 Å². The summed E-state index contributed by atoms with van der Waals surface area (Å²) in [6, 6.07) is 11.1. The van der Waals surface area contributed by atoms with Gasteiger partial charge in [0.05, 0.1) is 11.4 Å². The van der Waals surface area contributed by atoms with Crippen molar-refractivity contribution in [3.63, 3.8) is 0 Å². The number of fused-ring (bicyclic) bond motifs is 1. The monoisotopic (exact) mass is 318 g/mol. The second kappa shape index (κ2) is 5.33. The third kappa shape index (κ3) is 2.44. The smallest absolute Gasteiger partial charge is 0.277 e. The number of hydrogen-bond acceptors (Lipinski definition) is 5. The molecule has 3 rings (SSSR count). The Morgan fingerprint density at radius 3 is 2.57 bits per heavy atom. The lowest BCUT2D eigenvalue weighted by Crippen LogP contribution is -2.29. The Hall–Kier alpha value is -2.15. The minimum absolute atomic E-state index is 0.369. The van der Waals surface area contributed by atoms with Gasteiger partial charge in [-0.2, -0.15) is 0 Å². The van der Waals surface area contributed by atoms with Crippen LogP contribution in [0.1, 0.15) is 9.67 Å². The van der Waals surface area contributed by atoms with Gasteiger partial charge in [0.1, 0.15) is 9.71 Å². The Bertz CT molecular complexity index is 829. The van der Waals surface area contributed by atoms with Gasteiger partial charge in [0.25, 0.3) is 5.91 Å². The average molecular weight is 319 g/mol. The van der Waals surface area contributed by atoms with Gasteiger partial charge in [-0.3, -0.25) is 10.2 Å². The van der Waals surface area contributed by atoms with E-state index in [1.807, 2.05) is 24.3 Å². The van der Waals surface area contributed by atoms with Crippen LogP contribution in [-0.4, -0.2) is 10.9 Å². The minimum Gasteiger partial charge on any atom is -0.397 e. The first-order valence-corrected chi connectivity index (χ1v) is 7.25. The van der Waals surface area contributed by atoms with E-state index in [9.17, 15) is 4.79 Å². The van der Waals surface area contributed by atoms with E-state index in [1.54, 1.807) is 12.1 Å².